The number of allylic oxidation sites excluding steroid dienone is 2. The van der Waals surface area contributed by atoms with Crippen molar-refractivity contribution in [1.29, 1.82) is 0 Å². The van der Waals surface area contributed by atoms with E-state index in [-0.39, 0.29) is 10.6 Å². The van der Waals surface area contributed by atoms with Gasteiger partial charge >= 0.3 is 0 Å². The maximum atomic E-state index is 10.4. The monoisotopic (exact) mass is 167 g/mol. The van der Waals surface area contributed by atoms with Crippen LogP contribution in [0.15, 0.2) is 23.1 Å². The smallest absolute Gasteiger partial charge is 0.250 e. The first-order valence-corrected chi connectivity index (χ1v) is 3.97. The molecule has 4 heteroatoms. The molecule has 2 aliphatic rings. The second kappa shape index (κ2) is 2.62. The second-order valence-corrected chi connectivity index (χ2v) is 2.96. The van der Waals surface area contributed by atoms with Crippen molar-refractivity contribution >= 4 is 0 Å². The molecule has 0 spiro atoms. The number of nitrogens with zero attached hydrogens (tertiary/aromatic N) is 1. The van der Waals surface area contributed by atoms with Crippen LogP contribution in [0.1, 0.15) is 19.3 Å². The van der Waals surface area contributed by atoms with Crippen LogP contribution in [-0.2, 0) is 4.74 Å². The first-order chi connectivity index (χ1) is 5.77. The number of nitro groups is 1. The molecule has 12 heavy (non-hydrogen) atoms. The summed E-state index contributed by atoms with van der Waals surface area (Å²) in [6.45, 7) is 0.687. The van der Waals surface area contributed by atoms with Crippen LogP contribution in [0.5, 0.6) is 0 Å². The zero-order valence-corrected chi connectivity index (χ0v) is 6.58. The molecule has 0 atom stereocenters. The molecule has 0 radical (unpaired) electrons. The van der Waals surface area contributed by atoms with Crippen LogP contribution in [0, 0.1) is 10.1 Å². The van der Waals surface area contributed by atoms with Crippen molar-refractivity contribution in [3.8, 4) is 0 Å². The summed E-state index contributed by atoms with van der Waals surface area (Å²) < 4.78 is 5.24. The largest absolute Gasteiger partial charge is 0.493 e. The average Bonchev–Trinajstić information content (AvgIpc) is 2.49. The predicted octanol–water partition coefficient (Wildman–Crippen LogP) is 1.62. The Balaban J connectivity index is 2.26. The Hall–Kier alpha value is -1.32. The van der Waals surface area contributed by atoms with Gasteiger partial charge in [0.1, 0.15) is 5.76 Å². The van der Waals surface area contributed by atoms with Gasteiger partial charge in [-0.05, 0) is 12.0 Å². The summed E-state index contributed by atoms with van der Waals surface area (Å²) in [4.78, 5) is 10.1. The normalized spacial score (nSPS) is 21.5. The van der Waals surface area contributed by atoms with Crippen LogP contribution in [0.4, 0.5) is 0 Å². The second-order valence-electron chi connectivity index (χ2n) is 2.96. The molecule has 0 fully saturated rings. The summed E-state index contributed by atoms with van der Waals surface area (Å²) in [5.74, 6) is 0.743. The molecule has 4 nitrogen and oxygen atoms in total. The zero-order chi connectivity index (χ0) is 8.55. The molecule has 1 heterocycles. The van der Waals surface area contributed by atoms with E-state index in [1.165, 1.54) is 5.57 Å². The standard InChI is InChI=1S/C8H9NO3/c10-9(11)7-2-1-6-3-4-12-8(6)5-7/h5H,1-4H2. The van der Waals surface area contributed by atoms with Gasteiger partial charge in [0.05, 0.1) is 17.6 Å². The van der Waals surface area contributed by atoms with E-state index in [4.69, 9.17) is 4.74 Å². The molecule has 0 amide bonds. The van der Waals surface area contributed by atoms with Crippen molar-refractivity contribution in [3.63, 3.8) is 0 Å². The van der Waals surface area contributed by atoms with Crippen LogP contribution in [-0.4, -0.2) is 11.5 Å². The molecule has 0 aromatic rings. The summed E-state index contributed by atoms with van der Waals surface area (Å²) in [7, 11) is 0. The quantitative estimate of drug-likeness (QED) is 0.440. The van der Waals surface area contributed by atoms with Crippen molar-refractivity contribution in [1.82, 2.24) is 0 Å². The van der Waals surface area contributed by atoms with Crippen LogP contribution in [0.2, 0.25) is 0 Å². The maximum Gasteiger partial charge on any atom is 0.250 e. The topological polar surface area (TPSA) is 52.4 Å². The molecule has 0 N–H and O–H groups in total. The number of hydrogen-bond acceptors (Lipinski definition) is 3. The Bertz CT molecular complexity index is 291. The zero-order valence-electron chi connectivity index (χ0n) is 6.58. The van der Waals surface area contributed by atoms with Crippen molar-refractivity contribution in [2.75, 3.05) is 6.61 Å². The SMILES string of the molecule is O=[N+]([O-])C1=CC2=C(CCO2)CC1. The van der Waals surface area contributed by atoms with E-state index in [2.05, 4.69) is 0 Å². The number of ether oxygens (including phenoxy) is 1. The lowest BCUT2D eigenvalue weighted by Gasteiger charge is -2.07. The van der Waals surface area contributed by atoms with Gasteiger partial charge in [-0.25, -0.2) is 0 Å². The first kappa shape index (κ1) is 7.34. The van der Waals surface area contributed by atoms with Gasteiger partial charge in [-0.3, -0.25) is 10.1 Å². The molecule has 0 bridgehead atoms. The van der Waals surface area contributed by atoms with E-state index in [0.717, 1.165) is 18.6 Å². The number of rotatable bonds is 1. The summed E-state index contributed by atoms with van der Waals surface area (Å²) in [5.41, 5.74) is 1.51. The van der Waals surface area contributed by atoms with Gasteiger partial charge in [-0.1, -0.05) is 0 Å². The highest BCUT2D eigenvalue weighted by Gasteiger charge is 2.24. The van der Waals surface area contributed by atoms with E-state index in [1.807, 2.05) is 0 Å². The van der Waals surface area contributed by atoms with Crippen molar-refractivity contribution in [2.24, 2.45) is 0 Å². The third kappa shape index (κ3) is 1.09. The van der Waals surface area contributed by atoms with Crippen LogP contribution >= 0.6 is 0 Å². The third-order valence-electron chi connectivity index (χ3n) is 2.22. The highest BCUT2D eigenvalue weighted by atomic mass is 16.6. The predicted molar refractivity (Wildman–Crippen MR) is 41.9 cm³/mol. The van der Waals surface area contributed by atoms with Crippen molar-refractivity contribution in [3.05, 3.63) is 33.2 Å². The van der Waals surface area contributed by atoms with E-state index in [9.17, 15) is 10.1 Å². The van der Waals surface area contributed by atoms with Gasteiger partial charge in [0.2, 0.25) is 5.70 Å². The molecule has 0 aromatic carbocycles. The maximum absolute atomic E-state index is 10.4. The summed E-state index contributed by atoms with van der Waals surface area (Å²) in [6, 6.07) is 0. The van der Waals surface area contributed by atoms with E-state index in [0.29, 0.717) is 13.0 Å². The highest BCUT2D eigenvalue weighted by molar-refractivity contribution is 5.29. The Kier molecular flexibility index (Phi) is 1.60. The van der Waals surface area contributed by atoms with E-state index >= 15 is 0 Å². The Morgan fingerprint density at radius 2 is 2.25 bits per heavy atom. The van der Waals surface area contributed by atoms with E-state index in [1.54, 1.807) is 6.08 Å². The first-order valence-electron chi connectivity index (χ1n) is 3.97. The van der Waals surface area contributed by atoms with Gasteiger partial charge in [0.15, 0.2) is 0 Å². The van der Waals surface area contributed by atoms with Gasteiger partial charge in [0, 0.05) is 12.8 Å². The molecule has 0 aromatic heterocycles. The van der Waals surface area contributed by atoms with Crippen molar-refractivity contribution in [2.45, 2.75) is 19.3 Å². The summed E-state index contributed by atoms with van der Waals surface area (Å²) in [6.07, 6.45) is 3.85. The molecule has 0 unspecified atom stereocenters. The Morgan fingerprint density at radius 1 is 1.42 bits per heavy atom. The summed E-state index contributed by atoms with van der Waals surface area (Å²) >= 11 is 0. The number of hydrogen-bond donors (Lipinski definition) is 0. The van der Waals surface area contributed by atoms with Crippen molar-refractivity contribution < 1.29 is 9.66 Å². The molecule has 2 rings (SSSR count). The minimum absolute atomic E-state index is 0.274. The Morgan fingerprint density at radius 3 is 3.00 bits per heavy atom. The van der Waals surface area contributed by atoms with Gasteiger partial charge in [0.25, 0.3) is 0 Å². The third-order valence-corrected chi connectivity index (χ3v) is 2.22. The molecule has 64 valence electrons. The molecule has 0 saturated heterocycles. The molecular weight excluding hydrogens is 158 g/mol. The lowest BCUT2D eigenvalue weighted by Crippen LogP contribution is -2.04. The Labute approximate surface area is 69.7 Å². The molecular formula is C8H9NO3. The van der Waals surface area contributed by atoms with Gasteiger partial charge in [-0.2, -0.15) is 0 Å². The lowest BCUT2D eigenvalue weighted by atomic mass is 10.0. The minimum atomic E-state index is -0.328. The fraction of sp³-hybridized carbons (Fsp3) is 0.500. The van der Waals surface area contributed by atoms with Crippen LogP contribution < -0.4 is 0 Å². The highest BCUT2D eigenvalue weighted by Crippen LogP contribution is 2.31. The molecule has 1 aliphatic heterocycles. The molecule has 1 aliphatic carbocycles. The fourth-order valence-electron chi connectivity index (χ4n) is 1.55. The molecule has 0 saturated carbocycles. The van der Waals surface area contributed by atoms with Crippen LogP contribution in [0.25, 0.3) is 0 Å². The van der Waals surface area contributed by atoms with Crippen LogP contribution in [0.3, 0.4) is 0 Å². The minimum Gasteiger partial charge on any atom is -0.493 e. The van der Waals surface area contributed by atoms with Gasteiger partial charge < -0.3 is 4.74 Å². The van der Waals surface area contributed by atoms with Gasteiger partial charge in [-0.15, -0.1) is 0 Å². The summed E-state index contributed by atoms with van der Waals surface area (Å²) in [5, 5.41) is 10.4. The fourth-order valence-corrected chi connectivity index (χ4v) is 1.55. The van der Waals surface area contributed by atoms with E-state index < -0.39 is 0 Å². The average molecular weight is 167 g/mol. The lowest BCUT2D eigenvalue weighted by molar-refractivity contribution is -0.428.